The molecule has 76 heavy (non-hydrogen) atoms. The molecular formula is C49H77ClN10O15S. The molecule has 4 N–H and O–H groups in total. The number of halogens is 1. The van der Waals surface area contributed by atoms with Gasteiger partial charge in [-0.25, -0.2) is 15.0 Å². The van der Waals surface area contributed by atoms with Crippen LogP contribution in [0.1, 0.15) is 21.1 Å². The van der Waals surface area contributed by atoms with Gasteiger partial charge < -0.3 is 83.1 Å². The van der Waals surface area contributed by atoms with Gasteiger partial charge in [-0.1, -0.05) is 35.1 Å². The van der Waals surface area contributed by atoms with E-state index < -0.39 is 0 Å². The molecule has 0 bridgehead atoms. The molecule has 3 amide bonds. The molecule has 1 aliphatic rings. The zero-order valence-electron chi connectivity index (χ0n) is 43.9. The van der Waals surface area contributed by atoms with Gasteiger partial charge in [0.25, 0.3) is 11.8 Å². The molecule has 0 spiro atoms. The number of carbonyl (C=O) groups excluding carboxylic acids is 3. The second kappa shape index (κ2) is 41.3. The third-order valence-corrected chi connectivity index (χ3v) is 11.7. The van der Waals surface area contributed by atoms with E-state index in [0.717, 1.165) is 11.4 Å². The number of nitrogens with zero attached hydrogens (tertiary/aromatic N) is 6. The van der Waals surface area contributed by atoms with Gasteiger partial charge in [0.2, 0.25) is 5.91 Å². The van der Waals surface area contributed by atoms with Crippen molar-refractivity contribution in [2.24, 2.45) is 5.16 Å². The highest BCUT2D eigenvalue weighted by Crippen LogP contribution is 2.28. The molecule has 426 valence electrons. The first kappa shape index (κ1) is 63.8. The minimum absolute atomic E-state index is 0.0555. The highest BCUT2D eigenvalue weighted by Gasteiger charge is 2.21. The summed E-state index contributed by atoms with van der Waals surface area (Å²) in [5.41, 5.74) is 1.44. The highest BCUT2D eigenvalue weighted by atomic mass is 35.5. The Hall–Kier alpha value is -4.78. The van der Waals surface area contributed by atoms with Crippen molar-refractivity contribution in [3.05, 3.63) is 51.7 Å². The van der Waals surface area contributed by atoms with Gasteiger partial charge in [0, 0.05) is 52.1 Å². The average molecular weight is 1110 g/mol. The summed E-state index contributed by atoms with van der Waals surface area (Å²) in [5, 5.41) is 15.8. The number of ether oxygens (including phenoxy) is 11. The van der Waals surface area contributed by atoms with Gasteiger partial charge >= 0.3 is 0 Å². The van der Waals surface area contributed by atoms with Crippen molar-refractivity contribution >= 4 is 69.8 Å². The van der Waals surface area contributed by atoms with Gasteiger partial charge in [0.05, 0.1) is 169 Å². The van der Waals surface area contributed by atoms with Gasteiger partial charge in [-0.3, -0.25) is 19.3 Å². The van der Waals surface area contributed by atoms with Gasteiger partial charge in [-0.05, 0) is 25.5 Å². The fourth-order valence-corrected chi connectivity index (χ4v) is 7.65. The van der Waals surface area contributed by atoms with Gasteiger partial charge in [-0.2, -0.15) is 0 Å². The number of hydrogen-bond donors (Lipinski definition) is 4. The lowest BCUT2D eigenvalue weighted by Gasteiger charge is -2.35. The standard InChI is InChI=1S/C49H77ClN10O15S/c1-39-5-4-6-41(50)47(39)58-48(63)42-36-54-49(76-42)57-43-35-44(56-40(2)55-43)60-11-9-59(10-12-60)37-45(61)52-7-13-64-15-17-66-19-21-68-23-25-70-27-29-72-31-33-74-34-32-73-30-28-71-26-24-69-22-20-67-18-16-65-14-8-53-46(62)38-75-51-3/h4-6,35-36H,3,7-34,37-38H2,1-2H3,(H,52,61)(H,53,62)(H,58,63)(H,54,55,56,57). The quantitative estimate of drug-likeness (QED) is 0.0359. The molecule has 0 radical (unpaired) electrons. The fraction of sp³-hybridized carbons (Fsp3) is 0.653. The summed E-state index contributed by atoms with van der Waals surface area (Å²) in [6.45, 7) is 20.4. The number of para-hydroxylation sites is 1. The minimum atomic E-state index is -0.299. The van der Waals surface area contributed by atoms with E-state index in [1.165, 1.54) is 17.5 Å². The topological polar surface area (TPSA) is 268 Å². The molecule has 0 saturated carbocycles. The number of aryl methyl sites for hydroxylation is 2. The largest absolute Gasteiger partial charge is 0.386 e. The number of amides is 3. The van der Waals surface area contributed by atoms with Crippen LogP contribution in [0.4, 0.5) is 22.5 Å². The molecule has 25 nitrogen and oxygen atoms in total. The van der Waals surface area contributed by atoms with Crippen LogP contribution < -0.4 is 26.2 Å². The molecule has 1 fully saturated rings. The molecule has 4 rings (SSSR count). The first-order chi connectivity index (χ1) is 37.2. The Morgan fingerprint density at radius 2 is 1.11 bits per heavy atom. The van der Waals surface area contributed by atoms with E-state index in [9.17, 15) is 14.4 Å². The second-order valence-corrected chi connectivity index (χ2v) is 17.7. The predicted octanol–water partition coefficient (Wildman–Crippen LogP) is 2.37. The van der Waals surface area contributed by atoms with Crippen LogP contribution in [0.25, 0.3) is 0 Å². The maximum absolute atomic E-state index is 12.9. The van der Waals surface area contributed by atoms with E-state index in [1.807, 2.05) is 32.0 Å². The summed E-state index contributed by atoms with van der Waals surface area (Å²) >= 11 is 7.50. The van der Waals surface area contributed by atoms with Crippen molar-refractivity contribution in [1.82, 2.24) is 30.5 Å². The lowest BCUT2D eigenvalue weighted by Crippen LogP contribution is -2.50. The Balaban J connectivity index is 0.835. The number of nitrogens with one attached hydrogen (secondary N) is 4. The average Bonchev–Trinajstić information content (AvgIpc) is 3.88. The summed E-state index contributed by atoms with van der Waals surface area (Å²) in [6.07, 6.45) is 1.52. The van der Waals surface area contributed by atoms with E-state index in [1.54, 1.807) is 6.07 Å². The zero-order valence-corrected chi connectivity index (χ0v) is 45.5. The number of hydrogen-bond acceptors (Lipinski definition) is 23. The molecule has 27 heteroatoms. The third-order valence-electron chi connectivity index (χ3n) is 10.5. The normalized spacial score (nSPS) is 12.7. The van der Waals surface area contributed by atoms with E-state index in [-0.39, 0.29) is 24.3 Å². The van der Waals surface area contributed by atoms with Crippen LogP contribution in [-0.2, 0) is 66.5 Å². The number of piperazine rings is 1. The van der Waals surface area contributed by atoms with Gasteiger partial charge in [-0.15, -0.1) is 5.16 Å². The number of aromatic nitrogens is 3. The predicted molar refractivity (Wildman–Crippen MR) is 285 cm³/mol. The summed E-state index contributed by atoms with van der Waals surface area (Å²) in [7, 11) is 0. The molecule has 1 aromatic carbocycles. The Morgan fingerprint density at radius 3 is 1.57 bits per heavy atom. The van der Waals surface area contributed by atoms with Crippen LogP contribution in [0.2, 0.25) is 5.02 Å². The molecule has 3 aromatic rings. The first-order valence-electron chi connectivity index (χ1n) is 25.3. The maximum Gasteiger partial charge on any atom is 0.267 e. The number of rotatable bonds is 46. The maximum atomic E-state index is 12.9. The van der Waals surface area contributed by atoms with E-state index in [4.69, 9.17) is 63.7 Å². The molecule has 1 saturated heterocycles. The van der Waals surface area contributed by atoms with Crippen molar-refractivity contribution < 1.29 is 71.3 Å². The van der Waals surface area contributed by atoms with Gasteiger partial charge in [0.15, 0.2) is 11.7 Å². The number of benzene rings is 1. The molecule has 2 aromatic heterocycles. The molecule has 0 atom stereocenters. The number of carbonyl (C=O) groups is 3. The third kappa shape index (κ3) is 29.7. The van der Waals surface area contributed by atoms with Crippen LogP contribution in [0.5, 0.6) is 0 Å². The smallest absolute Gasteiger partial charge is 0.267 e. The van der Waals surface area contributed by atoms with Crippen molar-refractivity contribution in [2.45, 2.75) is 13.8 Å². The van der Waals surface area contributed by atoms with Gasteiger partial charge in [0.1, 0.15) is 22.3 Å². The molecule has 3 heterocycles. The second-order valence-electron chi connectivity index (χ2n) is 16.3. The summed E-state index contributed by atoms with van der Waals surface area (Å²) in [5.74, 6) is 1.29. The van der Waals surface area contributed by atoms with Crippen LogP contribution >= 0.6 is 22.9 Å². The van der Waals surface area contributed by atoms with Crippen molar-refractivity contribution in [3.63, 3.8) is 0 Å². The monoisotopic (exact) mass is 1110 g/mol. The van der Waals surface area contributed by atoms with E-state index in [0.29, 0.717) is 224 Å². The first-order valence-corrected chi connectivity index (χ1v) is 26.5. The lowest BCUT2D eigenvalue weighted by atomic mass is 10.2. The van der Waals surface area contributed by atoms with E-state index >= 15 is 0 Å². The SMILES string of the molecule is C=NOCC(=O)NCCOCCOCCOCCOCCOCCOCCOCCOCCOCCOCCOCCNC(=O)CN1CCN(c2cc(Nc3ncc(C(=O)Nc4c(C)cccc4Cl)s3)nc(C)n2)CC1. The number of thiazole rings is 1. The van der Waals surface area contributed by atoms with Crippen LogP contribution in [0, 0.1) is 13.8 Å². The Bertz CT molecular complexity index is 2040. The van der Waals surface area contributed by atoms with Crippen molar-refractivity contribution in [1.29, 1.82) is 0 Å². The Kier molecular flexibility index (Phi) is 34.7. The summed E-state index contributed by atoms with van der Waals surface area (Å²) in [4.78, 5) is 59.6. The molecule has 1 aliphatic heterocycles. The highest BCUT2D eigenvalue weighted by molar-refractivity contribution is 7.17. The van der Waals surface area contributed by atoms with Crippen LogP contribution in [0.3, 0.4) is 0 Å². The Morgan fingerprint density at radius 1 is 0.645 bits per heavy atom. The molecule has 0 aliphatic carbocycles. The minimum Gasteiger partial charge on any atom is -0.386 e. The van der Waals surface area contributed by atoms with Crippen LogP contribution in [0.15, 0.2) is 35.6 Å². The summed E-state index contributed by atoms with van der Waals surface area (Å²) < 4.78 is 60.5. The fourth-order valence-electron chi connectivity index (χ4n) is 6.67. The molecular weight excluding hydrogens is 1040 g/mol. The Labute approximate surface area is 454 Å². The van der Waals surface area contributed by atoms with E-state index in [2.05, 4.69) is 62.7 Å². The van der Waals surface area contributed by atoms with Crippen molar-refractivity contribution in [3.8, 4) is 0 Å². The lowest BCUT2D eigenvalue weighted by molar-refractivity contribution is -0.126. The van der Waals surface area contributed by atoms with Crippen molar-refractivity contribution in [2.75, 3.05) is 213 Å². The zero-order chi connectivity index (χ0) is 54.1. The van der Waals surface area contributed by atoms with Crippen LogP contribution in [-0.4, -0.2) is 242 Å². The number of anilines is 4. The summed E-state index contributed by atoms with van der Waals surface area (Å²) in [6, 6.07) is 7.30. The number of oxime groups is 1. The molecule has 0 unspecified atom stereocenters.